The summed E-state index contributed by atoms with van der Waals surface area (Å²) in [6.07, 6.45) is 2.89. The number of likely N-dealkylation sites (N-methyl/N-ethyl adjacent to an activating group) is 1. The zero-order valence-corrected chi connectivity index (χ0v) is 21.8. The van der Waals surface area contributed by atoms with Gasteiger partial charge in [0.2, 0.25) is 5.91 Å². The van der Waals surface area contributed by atoms with Crippen LogP contribution in [0.2, 0.25) is 0 Å². The number of carbonyl (C=O) groups excluding carboxylic acids is 1. The molecule has 0 aliphatic carbocycles. The Morgan fingerprint density at radius 3 is 2.81 bits per heavy atom. The number of aliphatic hydroxyl groups is 1. The molecule has 0 bridgehead atoms. The molecule has 2 aromatic heterocycles. The highest BCUT2D eigenvalue weighted by Gasteiger charge is 2.19. The van der Waals surface area contributed by atoms with Gasteiger partial charge in [0.25, 0.3) is 0 Å². The highest BCUT2D eigenvalue weighted by Crippen LogP contribution is 2.30. The summed E-state index contributed by atoms with van der Waals surface area (Å²) in [6.45, 7) is 6.80. The van der Waals surface area contributed by atoms with Crippen LogP contribution in [0.25, 0.3) is 22.6 Å². The molecule has 1 fully saturated rings. The van der Waals surface area contributed by atoms with Crippen LogP contribution >= 0.6 is 0 Å². The number of nitrogens with one attached hydrogen (secondary N) is 2. The number of unbranched alkanes of at least 4 members (excludes halogenated alkanes) is 1. The number of likely N-dealkylation sites (tertiary alicyclic amines) is 1. The van der Waals surface area contributed by atoms with Gasteiger partial charge >= 0.3 is 0 Å². The van der Waals surface area contributed by atoms with Crippen LogP contribution in [-0.4, -0.2) is 77.0 Å². The van der Waals surface area contributed by atoms with Gasteiger partial charge in [0.1, 0.15) is 30.0 Å². The van der Waals surface area contributed by atoms with Crippen LogP contribution in [0.4, 0.5) is 5.82 Å². The van der Waals surface area contributed by atoms with Crippen molar-refractivity contribution in [1.29, 1.82) is 0 Å². The van der Waals surface area contributed by atoms with Gasteiger partial charge < -0.3 is 29.9 Å². The minimum Gasteiger partial charge on any atom is -0.491 e. The van der Waals surface area contributed by atoms with Gasteiger partial charge in [-0.15, -0.1) is 0 Å². The lowest BCUT2D eigenvalue weighted by molar-refractivity contribution is -0.127. The van der Waals surface area contributed by atoms with Crippen LogP contribution in [-0.2, 0) is 4.79 Å². The largest absolute Gasteiger partial charge is 0.491 e. The number of aryl methyl sites for hydroxylation is 2. The molecule has 10 nitrogen and oxygen atoms in total. The average molecular weight is 509 g/mol. The maximum Gasteiger partial charge on any atom is 0.222 e. The van der Waals surface area contributed by atoms with E-state index in [1.165, 1.54) is 0 Å². The topological polar surface area (TPSA) is 126 Å². The van der Waals surface area contributed by atoms with Crippen molar-refractivity contribution in [2.24, 2.45) is 0 Å². The Labute approximate surface area is 217 Å². The lowest BCUT2D eigenvalue weighted by Crippen LogP contribution is -2.29. The molecule has 4 rings (SSSR count). The fourth-order valence-corrected chi connectivity index (χ4v) is 4.44. The number of rotatable bonds is 13. The van der Waals surface area contributed by atoms with E-state index in [2.05, 4.69) is 15.8 Å². The van der Waals surface area contributed by atoms with Crippen LogP contribution in [0.1, 0.15) is 37.1 Å². The number of aliphatic hydroxyl groups excluding tert-OH is 1. The second-order valence-electron chi connectivity index (χ2n) is 9.33. The van der Waals surface area contributed by atoms with Gasteiger partial charge in [-0.3, -0.25) is 4.79 Å². The standard InChI is InChI=1S/C27H36N6O4/c1-18-26(19(2)37-32-18)23-15-24(29-11-4-5-12-33-13-7-10-25(33)35)31-27(30-23)20-8-6-9-22(14-20)36-17-21(34)16-28-3/h6,8-9,14-15,21,28,34H,4-5,7,10-13,16-17H2,1-3H3,(H,29,30,31). The van der Waals surface area contributed by atoms with Gasteiger partial charge in [-0.05, 0) is 52.3 Å². The summed E-state index contributed by atoms with van der Waals surface area (Å²) in [7, 11) is 1.78. The van der Waals surface area contributed by atoms with Crippen molar-refractivity contribution in [3.05, 3.63) is 41.8 Å². The molecule has 1 atom stereocenters. The summed E-state index contributed by atoms with van der Waals surface area (Å²) in [5, 5.41) is 20.4. The molecular formula is C27H36N6O4. The number of ether oxygens (including phenoxy) is 1. The first-order valence-electron chi connectivity index (χ1n) is 12.8. The van der Waals surface area contributed by atoms with E-state index in [-0.39, 0.29) is 12.5 Å². The summed E-state index contributed by atoms with van der Waals surface area (Å²) in [6, 6.07) is 9.44. The normalized spacial score (nSPS) is 14.3. The number of anilines is 1. The molecular weight excluding hydrogens is 472 g/mol. The van der Waals surface area contributed by atoms with Crippen LogP contribution in [0.5, 0.6) is 5.75 Å². The molecule has 1 unspecified atom stereocenters. The molecule has 0 saturated carbocycles. The highest BCUT2D eigenvalue weighted by atomic mass is 16.5. The molecule has 1 amide bonds. The van der Waals surface area contributed by atoms with E-state index in [0.717, 1.165) is 61.4 Å². The van der Waals surface area contributed by atoms with Gasteiger partial charge in [0.05, 0.1) is 17.0 Å². The summed E-state index contributed by atoms with van der Waals surface area (Å²) < 4.78 is 11.2. The molecule has 1 aromatic carbocycles. The van der Waals surface area contributed by atoms with Gasteiger partial charge in [-0.1, -0.05) is 17.3 Å². The van der Waals surface area contributed by atoms with Gasteiger partial charge in [0.15, 0.2) is 5.82 Å². The fraction of sp³-hybridized carbons (Fsp3) is 0.481. The molecule has 0 radical (unpaired) electrons. The number of carbonyl (C=O) groups is 1. The van der Waals surface area contributed by atoms with Crippen LogP contribution in [0.15, 0.2) is 34.9 Å². The van der Waals surface area contributed by atoms with Crippen LogP contribution in [0.3, 0.4) is 0 Å². The molecule has 198 valence electrons. The second-order valence-corrected chi connectivity index (χ2v) is 9.33. The zero-order chi connectivity index (χ0) is 26.2. The summed E-state index contributed by atoms with van der Waals surface area (Å²) in [4.78, 5) is 23.4. The van der Waals surface area contributed by atoms with E-state index in [4.69, 9.17) is 19.2 Å². The first kappa shape index (κ1) is 26.6. The molecule has 10 heteroatoms. The minimum absolute atomic E-state index is 0.181. The monoisotopic (exact) mass is 508 g/mol. The van der Waals surface area contributed by atoms with Crippen molar-refractivity contribution in [1.82, 2.24) is 25.3 Å². The van der Waals surface area contributed by atoms with Crippen molar-refractivity contribution in [3.63, 3.8) is 0 Å². The Hall–Kier alpha value is -3.50. The summed E-state index contributed by atoms with van der Waals surface area (Å²) in [5.74, 6) is 2.83. The van der Waals surface area contributed by atoms with E-state index in [0.29, 0.717) is 36.1 Å². The van der Waals surface area contributed by atoms with Crippen molar-refractivity contribution in [3.8, 4) is 28.4 Å². The maximum absolute atomic E-state index is 11.8. The molecule has 37 heavy (non-hydrogen) atoms. The zero-order valence-electron chi connectivity index (χ0n) is 21.8. The second kappa shape index (κ2) is 12.6. The third-order valence-corrected chi connectivity index (χ3v) is 6.32. The number of hydrogen-bond donors (Lipinski definition) is 3. The molecule has 1 saturated heterocycles. The molecule has 1 aliphatic heterocycles. The van der Waals surface area contributed by atoms with Crippen LogP contribution in [0, 0.1) is 13.8 Å². The molecule has 3 N–H and O–H groups in total. The SMILES string of the molecule is CNCC(O)COc1cccc(-c2nc(NCCCCN3CCCC3=O)cc(-c3c(C)noc3C)n2)c1. The Balaban J connectivity index is 1.50. The molecule has 0 spiro atoms. The fourth-order valence-electron chi connectivity index (χ4n) is 4.44. The van der Waals surface area contributed by atoms with E-state index in [1.807, 2.05) is 49.1 Å². The number of amides is 1. The van der Waals surface area contributed by atoms with Crippen molar-refractivity contribution < 1.29 is 19.2 Å². The third kappa shape index (κ3) is 7.05. The summed E-state index contributed by atoms with van der Waals surface area (Å²) in [5.41, 5.74) is 3.13. The van der Waals surface area contributed by atoms with Crippen molar-refractivity contribution in [2.45, 2.75) is 45.6 Å². The number of nitrogens with zero attached hydrogens (tertiary/aromatic N) is 4. The van der Waals surface area contributed by atoms with Gasteiger partial charge in [0, 0.05) is 44.2 Å². The van der Waals surface area contributed by atoms with E-state index in [9.17, 15) is 9.90 Å². The number of hydrogen-bond acceptors (Lipinski definition) is 9. The van der Waals surface area contributed by atoms with E-state index >= 15 is 0 Å². The lowest BCUT2D eigenvalue weighted by Gasteiger charge is -2.15. The lowest BCUT2D eigenvalue weighted by atomic mass is 10.1. The summed E-state index contributed by atoms with van der Waals surface area (Å²) >= 11 is 0. The predicted octanol–water partition coefficient (Wildman–Crippen LogP) is 3.19. The average Bonchev–Trinajstić information content (AvgIpc) is 3.46. The Bertz CT molecular complexity index is 1180. The Kier molecular flexibility index (Phi) is 9.08. The van der Waals surface area contributed by atoms with Gasteiger partial charge in [-0.2, -0.15) is 0 Å². The first-order valence-corrected chi connectivity index (χ1v) is 12.8. The quantitative estimate of drug-likeness (QED) is 0.298. The smallest absolute Gasteiger partial charge is 0.222 e. The first-order chi connectivity index (χ1) is 17.9. The Morgan fingerprint density at radius 1 is 1.22 bits per heavy atom. The molecule has 3 aromatic rings. The maximum atomic E-state index is 11.8. The minimum atomic E-state index is -0.604. The molecule has 1 aliphatic rings. The molecule has 3 heterocycles. The number of benzene rings is 1. The van der Waals surface area contributed by atoms with E-state index in [1.54, 1.807) is 7.05 Å². The van der Waals surface area contributed by atoms with Crippen molar-refractivity contribution >= 4 is 11.7 Å². The van der Waals surface area contributed by atoms with Gasteiger partial charge in [-0.25, -0.2) is 9.97 Å². The van der Waals surface area contributed by atoms with E-state index < -0.39 is 6.10 Å². The third-order valence-electron chi connectivity index (χ3n) is 6.32. The van der Waals surface area contributed by atoms with Crippen molar-refractivity contribution in [2.75, 3.05) is 45.2 Å². The number of aromatic nitrogens is 3. The highest BCUT2D eigenvalue weighted by molar-refractivity contribution is 5.78. The Morgan fingerprint density at radius 2 is 2.08 bits per heavy atom. The predicted molar refractivity (Wildman–Crippen MR) is 141 cm³/mol. The van der Waals surface area contributed by atoms with Crippen LogP contribution < -0.4 is 15.4 Å².